The summed E-state index contributed by atoms with van der Waals surface area (Å²) in [5.74, 6) is 1.04. The molecule has 2 N–H and O–H groups in total. The van der Waals surface area contributed by atoms with Crippen LogP contribution >= 0.6 is 11.6 Å². The van der Waals surface area contributed by atoms with Gasteiger partial charge in [0.25, 0.3) is 0 Å². The first-order valence-electron chi connectivity index (χ1n) is 14.9. The number of halogens is 1. The summed E-state index contributed by atoms with van der Waals surface area (Å²) in [6.45, 7) is 8.64. The van der Waals surface area contributed by atoms with Crippen molar-refractivity contribution in [2.75, 3.05) is 13.2 Å². The standard InChI is InChI=1S/C37H35ClN2O6/c1-5-42-33-18-23(10-17-31(33)44-21-24-8-6-7-9-30(24)38)35-28-16-15-27(19-32(28)46-36(40)29(35)20-39)45-34(41)22-43-26-13-11-25(12-14-26)37(2,3)4/h6-19,35H,5,21-22,40H2,1-4H3. The van der Waals surface area contributed by atoms with Crippen molar-refractivity contribution >= 4 is 17.6 Å². The maximum atomic E-state index is 12.6. The summed E-state index contributed by atoms with van der Waals surface area (Å²) in [5, 5.41) is 10.7. The third-order valence-corrected chi connectivity index (χ3v) is 7.81. The summed E-state index contributed by atoms with van der Waals surface area (Å²) >= 11 is 6.30. The Morgan fingerprint density at radius 2 is 1.67 bits per heavy atom. The van der Waals surface area contributed by atoms with Gasteiger partial charge in [-0.05, 0) is 59.9 Å². The molecule has 4 aromatic rings. The van der Waals surface area contributed by atoms with Crippen molar-refractivity contribution in [2.24, 2.45) is 5.73 Å². The Kier molecular flexibility index (Phi) is 9.74. The quantitative estimate of drug-likeness (QED) is 0.138. The van der Waals surface area contributed by atoms with E-state index >= 15 is 0 Å². The summed E-state index contributed by atoms with van der Waals surface area (Å²) < 4.78 is 29.0. The Labute approximate surface area is 273 Å². The number of hydrogen-bond donors (Lipinski definition) is 1. The summed E-state index contributed by atoms with van der Waals surface area (Å²) in [4.78, 5) is 12.6. The highest BCUT2D eigenvalue weighted by molar-refractivity contribution is 6.31. The Hall–Kier alpha value is -5.13. The zero-order chi connectivity index (χ0) is 32.8. The molecule has 4 aromatic carbocycles. The molecule has 1 aliphatic rings. The fraction of sp³-hybridized carbons (Fsp3) is 0.243. The summed E-state index contributed by atoms with van der Waals surface area (Å²) in [6, 6.07) is 27.7. The van der Waals surface area contributed by atoms with Gasteiger partial charge in [0.15, 0.2) is 18.1 Å². The van der Waals surface area contributed by atoms with E-state index in [0.717, 1.165) is 16.7 Å². The molecule has 8 nitrogen and oxygen atoms in total. The number of carbonyl (C=O) groups excluding carboxylic acids is 1. The van der Waals surface area contributed by atoms with Gasteiger partial charge in [-0.25, -0.2) is 4.79 Å². The van der Waals surface area contributed by atoms with E-state index in [9.17, 15) is 10.1 Å². The van der Waals surface area contributed by atoms with Crippen LogP contribution in [-0.2, 0) is 16.8 Å². The molecule has 9 heteroatoms. The van der Waals surface area contributed by atoms with E-state index < -0.39 is 11.9 Å². The number of nitriles is 1. The molecule has 46 heavy (non-hydrogen) atoms. The smallest absolute Gasteiger partial charge is 0.349 e. The third kappa shape index (κ3) is 7.39. The van der Waals surface area contributed by atoms with Crippen LogP contribution in [0.4, 0.5) is 0 Å². The average molecular weight is 639 g/mol. The number of ether oxygens (including phenoxy) is 5. The zero-order valence-electron chi connectivity index (χ0n) is 26.1. The van der Waals surface area contributed by atoms with Crippen LogP contribution in [0.15, 0.2) is 96.4 Å². The summed E-state index contributed by atoms with van der Waals surface area (Å²) in [5.41, 5.74) is 9.90. The van der Waals surface area contributed by atoms with Crippen molar-refractivity contribution in [2.45, 2.75) is 45.6 Å². The van der Waals surface area contributed by atoms with Crippen LogP contribution in [0.1, 0.15) is 55.9 Å². The van der Waals surface area contributed by atoms with Gasteiger partial charge in [0, 0.05) is 22.2 Å². The lowest BCUT2D eigenvalue weighted by atomic mass is 9.83. The maximum Gasteiger partial charge on any atom is 0.349 e. The van der Waals surface area contributed by atoms with Gasteiger partial charge in [0.1, 0.15) is 35.5 Å². The second kappa shape index (κ2) is 13.9. The van der Waals surface area contributed by atoms with E-state index in [2.05, 4.69) is 26.8 Å². The molecule has 0 spiro atoms. The number of allylic oxidation sites excluding steroid dienone is 1. The molecule has 236 valence electrons. The fourth-order valence-corrected chi connectivity index (χ4v) is 5.25. The van der Waals surface area contributed by atoms with E-state index in [-0.39, 0.29) is 35.8 Å². The van der Waals surface area contributed by atoms with Gasteiger partial charge in [-0.2, -0.15) is 5.26 Å². The number of rotatable bonds is 10. The van der Waals surface area contributed by atoms with Gasteiger partial charge < -0.3 is 29.4 Å². The Morgan fingerprint density at radius 1 is 0.935 bits per heavy atom. The van der Waals surface area contributed by atoms with Gasteiger partial charge in [-0.15, -0.1) is 0 Å². The molecule has 0 amide bonds. The molecule has 1 unspecified atom stereocenters. The minimum absolute atomic E-state index is 0.0127. The van der Waals surface area contributed by atoms with Crippen molar-refractivity contribution < 1.29 is 28.5 Å². The third-order valence-electron chi connectivity index (χ3n) is 7.44. The molecule has 1 heterocycles. The van der Waals surface area contributed by atoms with E-state index in [4.69, 9.17) is 41.0 Å². The topological polar surface area (TPSA) is 113 Å². The molecule has 0 radical (unpaired) electrons. The SMILES string of the molecule is CCOc1cc(C2C(C#N)=C(N)Oc3cc(OC(=O)COc4ccc(C(C)(C)C)cc4)ccc32)ccc1OCc1ccccc1Cl. The summed E-state index contributed by atoms with van der Waals surface area (Å²) in [7, 11) is 0. The number of nitrogens with zero attached hydrogens (tertiary/aromatic N) is 1. The first-order valence-corrected chi connectivity index (χ1v) is 15.2. The number of hydrogen-bond acceptors (Lipinski definition) is 8. The van der Waals surface area contributed by atoms with Gasteiger partial charge >= 0.3 is 5.97 Å². The van der Waals surface area contributed by atoms with Gasteiger partial charge in [0.2, 0.25) is 5.88 Å². The average Bonchev–Trinajstić information content (AvgIpc) is 3.03. The molecule has 0 aromatic heterocycles. The molecule has 0 aliphatic carbocycles. The number of nitrogens with two attached hydrogens (primary N) is 1. The molecule has 0 fully saturated rings. The first-order chi connectivity index (χ1) is 22.1. The predicted molar refractivity (Wildman–Crippen MR) is 175 cm³/mol. The molecule has 1 aliphatic heterocycles. The number of carbonyl (C=O) groups is 1. The molecule has 1 atom stereocenters. The van der Waals surface area contributed by atoms with Crippen LogP contribution in [0.5, 0.6) is 28.7 Å². The van der Waals surface area contributed by atoms with Crippen molar-refractivity contribution in [1.82, 2.24) is 0 Å². The molecule has 0 bridgehead atoms. The first kappa shape index (κ1) is 32.3. The lowest BCUT2D eigenvalue weighted by Crippen LogP contribution is -2.22. The minimum Gasteiger partial charge on any atom is -0.490 e. The van der Waals surface area contributed by atoms with Crippen molar-refractivity contribution in [3.05, 3.63) is 124 Å². The van der Waals surface area contributed by atoms with Crippen LogP contribution in [-0.4, -0.2) is 19.2 Å². The highest BCUT2D eigenvalue weighted by Gasteiger charge is 2.32. The van der Waals surface area contributed by atoms with E-state index in [1.165, 1.54) is 0 Å². The van der Waals surface area contributed by atoms with Crippen LogP contribution in [0.3, 0.4) is 0 Å². The Bertz CT molecular complexity index is 1800. The van der Waals surface area contributed by atoms with Crippen LogP contribution in [0.2, 0.25) is 5.02 Å². The minimum atomic E-state index is -0.581. The highest BCUT2D eigenvalue weighted by atomic mass is 35.5. The van der Waals surface area contributed by atoms with E-state index in [1.54, 1.807) is 24.3 Å². The Morgan fingerprint density at radius 3 is 2.37 bits per heavy atom. The lowest BCUT2D eigenvalue weighted by Gasteiger charge is -2.27. The van der Waals surface area contributed by atoms with Gasteiger partial charge in [-0.3, -0.25) is 0 Å². The van der Waals surface area contributed by atoms with Crippen molar-refractivity contribution in [1.29, 1.82) is 5.26 Å². The van der Waals surface area contributed by atoms with E-state index in [0.29, 0.717) is 40.2 Å². The summed E-state index contributed by atoms with van der Waals surface area (Å²) in [6.07, 6.45) is 0. The maximum absolute atomic E-state index is 12.6. The Balaban J connectivity index is 1.34. The predicted octanol–water partition coefficient (Wildman–Crippen LogP) is 7.82. The molecule has 0 saturated carbocycles. The largest absolute Gasteiger partial charge is 0.490 e. The highest BCUT2D eigenvalue weighted by Crippen LogP contribution is 2.45. The zero-order valence-corrected chi connectivity index (χ0v) is 26.9. The van der Waals surface area contributed by atoms with Crippen molar-refractivity contribution in [3.8, 4) is 34.8 Å². The van der Waals surface area contributed by atoms with Crippen molar-refractivity contribution in [3.63, 3.8) is 0 Å². The van der Waals surface area contributed by atoms with Gasteiger partial charge in [0.05, 0.1) is 12.5 Å². The van der Waals surface area contributed by atoms with Crippen LogP contribution in [0.25, 0.3) is 0 Å². The second-order valence-electron chi connectivity index (χ2n) is 11.7. The number of benzene rings is 4. The molecular formula is C37H35ClN2O6. The fourth-order valence-electron chi connectivity index (χ4n) is 5.06. The van der Waals surface area contributed by atoms with Crippen LogP contribution in [0, 0.1) is 11.3 Å². The second-order valence-corrected chi connectivity index (χ2v) is 12.1. The lowest BCUT2D eigenvalue weighted by molar-refractivity contribution is -0.136. The monoisotopic (exact) mass is 638 g/mol. The normalized spacial score (nSPS) is 14.0. The molecule has 5 rings (SSSR count). The number of fused-ring (bicyclic) bond motifs is 1. The number of esters is 1. The van der Waals surface area contributed by atoms with Gasteiger partial charge in [-0.1, -0.05) is 74.8 Å². The van der Waals surface area contributed by atoms with E-state index in [1.807, 2.05) is 67.6 Å². The molecular weight excluding hydrogens is 604 g/mol. The molecule has 0 saturated heterocycles. The van der Waals surface area contributed by atoms with Crippen LogP contribution < -0.4 is 29.4 Å².